The minimum absolute atomic E-state index is 0.0106. The van der Waals surface area contributed by atoms with Gasteiger partial charge in [-0.25, -0.2) is 0 Å². The second-order valence-corrected chi connectivity index (χ2v) is 5.79. The summed E-state index contributed by atoms with van der Waals surface area (Å²) in [5, 5.41) is 15.2. The molecule has 1 unspecified atom stereocenters. The molecule has 1 amide bonds. The third kappa shape index (κ3) is 4.75. The number of carbonyl (C=O) groups is 1. The van der Waals surface area contributed by atoms with Crippen molar-refractivity contribution in [3.05, 3.63) is 41.6 Å². The maximum Gasteiger partial charge on any atom is 0.263 e. The number of hydrogen-bond acceptors (Lipinski definition) is 4. The first-order valence-electron chi connectivity index (χ1n) is 7.95. The summed E-state index contributed by atoms with van der Waals surface area (Å²) in [5.74, 6) is 0.499. The van der Waals surface area contributed by atoms with Crippen molar-refractivity contribution in [1.82, 2.24) is 10.6 Å². The van der Waals surface area contributed by atoms with Crippen LogP contribution in [-0.4, -0.2) is 19.1 Å². The molecule has 23 heavy (non-hydrogen) atoms. The first-order chi connectivity index (χ1) is 11.1. The Morgan fingerprint density at radius 3 is 2.57 bits per heavy atom. The fraction of sp³-hybridized carbons (Fsp3) is 0.444. The second kappa shape index (κ2) is 8.23. The summed E-state index contributed by atoms with van der Waals surface area (Å²) < 4.78 is 5.13. The molecule has 0 radical (unpaired) electrons. The van der Waals surface area contributed by atoms with Gasteiger partial charge in [0.15, 0.2) is 0 Å². The van der Waals surface area contributed by atoms with Gasteiger partial charge in [-0.05, 0) is 37.5 Å². The number of benzene rings is 1. The van der Waals surface area contributed by atoms with Gasteiger partial charge >= 0.3 is 0 Å². The van der Waals surface area contributed by atoms with Gasteiger partial charge in [-0.1, -0.05) is 25.0 Å². The van der Waals surface area contributed by atoms with Crippen LogP contribution in [0, 0.1) is 11.3 Å². The van der Waals surface area contributed by atoms with Gasteiger partial charge in [0.1, 0.15) is 17.4 Å². The molecule has 1 saturated carbocycles. The lowest BCUT2D eigenvalue weighted by Crippen LogP contribution is -2.34. The highest BCUT2D eigenvalue weighted by atomic mass is 16.5. The third-order valence-corrected chi connectivity index (χ3v) is 4.15. The Morgan fingerprint density at radius 2 is 2.00 bits per heavy atom. The predicted octanol–water partition coefficient (Wildman–Crippen LogP) is 2.81. The van der Waals surface area contributed by atoms with Gasteiger partial charge in [-0.15, -0.1) is 0 Å². The van der Waals surface area contributed by atoms with Crippen LogP contribution in [0.15, 0.2) is 36.0 Å². The number of carbonyl (C=O) groups excluding carboxylic acids is 1. The summed E-state index contributed by atoms with van der Waals surface area (Å²) in [4.78, 5) is 12.1. The SMILES string of the molecule is COc1ccc(C(C)N/C=C(/C#N)C(=O)NC2CCCC2)cc1. The molecule has 1 aromatic rings. The highest BCUT2D eigenvalue weighted by molar-refractivity contribution is 5.97. The second-order valence-electron chi connectivity index (χ2n) is 5.79. The van der Waals surface area contributed by atoms with E-state index >= 15 is 0 Å². The quantitative estimate of drug-likeness (QED) is 0.625. The summed E-state index contributed by atoms with van der Waals surface area (Å²) in [6.45, 7) is 1.97. The molecule has 0 aromatic heterocycles. The molecule has 1 fully saturated rings. The lowest BCUT2D eigenvalue weighted by molar-refractivity contribution is -0.117. The molecule has 0 bridgehead atoms. The van der Waals surface area contributed by atoms with E-state index in [-0.39, 0.29) is 23.6 Å². The van der Waals surface area contributed by atoms with E-state index < -0.39 is 0 Å². The minimum atomic E-state index is -0.297. The molecule has 1 aliphatic rings. The lowest BCUT2D eigenvalue weighted by atomic mass is 10.1. The Kier molecular flexibility index (Phi) is 6.04. The normalized spacial score (nSPS) is 16.5. The van der Waals surface area contributed by atoms with Gasteiger partial charge < -0.3 is 15.4 Å². The van der Waals surface area contributed by atoms with E-state index in [9.17, 15) is 10.1 Å². The minimum Gasteiger partial charge on any atom is -0.497 e. The summed E-state index contributed by atoms with van der Waals surface area (Å²) >= 11 is 0. The Hall–Kier alpha value is -2.48. The van der Waals surface area contributed by atoms with Gasteiger partial charge in [0, 0.05) is 18.3 Å². The largest absolute Gasteiger partial charge is 0.497 e. The van der Waals surface area contributed by atoms with Gasteiger partial charge in [0.05, 0.1) is 7.11 Å². The standard InChI is InChI=1S/C18H23N3O2/c1-13(14-7-9-17(23-2)10-8-14)20-12-15(11-19)18(22)21-16-5-3-4-6-16/h7-10,12-13,16,20H,3-6H2,1-2H3,(H,21,22)/b15-12-. The van der Waals surface area contributed by atoms with Gasteiger partial charge in [-0.2, -0.15) is 5.26 Å². The maximum atomic E-state index is 12.1. The van der Waals surface area contributed by atoms with Crippen LogP contribution in [0.3, 0.4) is 0 Å². The molecule has 122 valence electrons. The summed E-state index contributed by atoms with van der Waals surface area (Å²) in [6.07, 6.45) is 5.78. The Morgan fingerprint density at radius 1 is 1.35 bits per heavy atom. The zero-order valence-corrected chi connectivity index (χ0v) is 13.6. The van der Waals surface area contributed by atoms with Crippen molar-refractivity contribution in [1.29, 1.82) is 5.26 Å². The molecule has 0 saturated heterocycles. The Labute approximate surface area is 137 Å². The number of ether oxygens (including phenoxy) is 1. The van der Waals surface area contributed by atoms with Crippen LogP contribution in [0.4, 0.5) is 0 Å². The monoisotopic (exact) mass is 313 g/mol. The molecule has 0 heterocycles. The Bertz CT molecular complexity index is 596. The number of amides is 1. The zero-order chi connectivity index (χ0) is 16.7. The van der Waals surface area contributed by atoms with Crippen LogP contribution in [0.1, 0.15) is 44.2 Å². The van der Waals surface area contributed by atoms with E-state index in [1.54, 1.807) is 7.11 Å². The van der Waals surface area contributed by atoms with Gasteiger partial charge in [0.25, 0.3) is 5.91 Å². The van der Waals surface area contributed by atoms with Crippen molar-refractivity contribution in [2.45, 2.75) is 44.7 Å². The number of hydrogen-bond donors (Lipinski definition) is 2. The molecule has 1 aromatic carbocycles. The fourth-order valence-electron chi connectivity index (χ4n) is 2.68. The first kappa shape index (κ1) is 16.9. The summed E-state index contributed by atoms with van der Waals surface area (Å²) in [5.41, 5.74) is 1.16. The van der Waals surface area contributed by atoms with Crippen LogP contribution < -0.4 is 15.4 Å². The van der Waals surface area contributed by atoms with Crippen LogP contribution >= 0.6 is 0 Å². The predicted molar refractivity (Wildman–Crippen MR) is 88.6 cm³/mol. The molecule has 2 N–H and O–H groups in total. The highest BCUT2D eigenvalue weighted by Crippen LogP contribution is 2.19. The number of rotatable bonds is 6. The molecule has 1 aliphatic carbocycles. The third-order valence-electron chi connectivity index (χ3n) is 4.15. The van der Waals surface area contributed by atoms with Gasteiger partial charge in [0.2, 0.25) is 0 Å². The van der Waals surface area contributed by atoms with Crippen LogP contribution in [0.5, 0.6) is 5.75 Å². The number of nitrogens with zero attached hydrogens (tertiary/aromatic N) is 1. The van der Waals surface area contributed by atoms with E-state index in [0.29, 0.717) is 0 Å². The van der Waals surface area contributed by atoms with E-state index in [1.165, 1.54) is 6.20 Å². The lowest BCUT2D eigenvalue weighted by Gasteiger charge is -2.14. The van der Waals surface area contributed by atoms with Crippen molar-refractivity contribution in [2.24, 2.45) is 0 Å². The molecule has 2 rings (SSSR count). The smallest absolute Gasteiger partial charge is 0.263 e. The van der Waals surface area contributed by atoms with Crippen molar-refractivity contribution in [3.8, 4) is 11.8 Å². The van der Waals surface area contributed by atoms with Crippen molar-refractivity contribution in [3.63, 3.8) is 0 Å². The fourth-order valence-corrected chi connectivity index (χ4v) is 2.68. The van der Waals surface area contributed by atoms with Crippen LogP contribution in [0.2, 0.25) is 0 Å². The number of nitrogens with one attached hydrogen (secondary N) is 2. The van der Waals surface area contributed by atoms with Crippen molar-refractivity contribution in [2.75, 3.05) is 7.11 Å². The van der Waals surface area contributed by atoms with Crippen molar-refractivity contribution < 1.29 is 9.53 Å². The van der Waals surface area contributed by atoms with Gasteiger partial charge in [-0.3, -0.25) is 4.79 Å². The summed E-state index contributed by atoms with van der Waals surface area (Å²) in [7, 11) is 1.63. The average Bonchev–Trinajstić information content (AvgIpc) is 3.08. The van der Waals surface area contributed by atoms with Crippen LogP contribution in [0.25, 0.3) is 0 Å². The number of nitriles is 1. The molecule has 0 aliphatic heterocycles. The highest BCUT2D eigenvalue weighted by Gasteiger charge is 2.19. The molecule has 5 nitrogen and oxygen atoms in total. The first-order valence-corrected chi connectivity index (χ1v) is 7.95. The number of methoxy groups -OCH3 is 1. The van der Waals surface area contributed by atoms with E-state index in [0.717, 1.165) is 37.0 Å². The topological polar surface area (TPSA) is 74.1 Å². The zero-order valence-electron chi connectivity index (χ0n) is 13.6. The van der Waals surface area contributed by atoms with E-state index in [1.807, 2.05) is 37.3 Å². The molecular weight excluding hydrogens is 290 g/mol. The van der Waals surface area contributed by atoms with E-state index in [2.05, 4.69) is 10.6 Å². The molecular formula is C18H23N3O2. The molecule has 5 heteroatoms. The molecule has 0 spiro atoms. The van der Waals surface area contributed by atoms with E-state index in [4.69, 9.17) is 4.74 Å². The average molecular weight is 313 g/mol. The maximum absolute atomic E-state index is 12.1. The Balaban J connectivity index is 1.94. The molecule has 1 atom stereocenters. The van der Waals surface area contributed by atoms with Crippen LogP contribution in [-0.2, 0) is 4.79 Å². The van der Waals surface area contributed by atoms with Crippen molar-refractivity contribution >= 4 is 5.91 Å². The summed E-state index contributed by atoms with van der Waals surface area (Å²) in [6, 6.07) is 9.84.